The van der Waals surface area contributed by atoms with Gasteiger partial charge in [-0.2, -0.15) is 0 Å². The summed E-state index contributed by atoms with van der Waals surface area (Å²) in [6.45, 7) is -0.359. The molecule has 2 heterocycles. The summed E-state index contributed by atoms with van der Waals surface area (Å²) in [5.41, 5.74) is 3.31. The number of H-pyrrole nitrogens is 1. The van der Waals surface area contributed by atoms with Gasteiger partial charge in [-0.25, -0.2) is 4.98 Å². The van der Waals surface area contributed by atoms with Crippen molar-refractivity contribution in [1.82, 2.24) is 9.97 Å². The van der Waals surface area contributed by atoms with E-state index in [1.54, 1.807) is 0 Å². The van der Waals surface area contributed by atoms with Crippen LogP contribution in [0.3, 0.4) is 0 Å². The number of aliphatic hydroxyl groups is 3. The number of nitrogens with one attached hydrogen (secondary N) is 2. The molecule has 1 fully saturated rings. The Labute approximate surface area is 143 Å². The maximum absolute atomic E-state index is 10.1. The largest absolute Gasteiger partial charge is 0.394 e. The van der Waals surface area contributed by atoms with Gasteiger partial charge in [0.2, 0.25) is 0 Å². The summed E-state index contributed by atoms with van der Waals surface area (Å²) in [6, 6.07) is 15.2. The summed E-state index contributed by atoms with van der Waals surface area (Å²) in [7, 11) is 0. The molecule has 7 nitrogen and oxygen atoms in total. The van der Waals surface area contributed by atoms with Crippen molar-refractivity contribution in [2.24, 2.45) is 0 Å². The van der Waals surface area contributed by atoms with Gasteiger partial charge in [0.15, 0.2) is 6.23 Å². The van der Waals surface area contributed by atoms with Crippen LogP contribution in [-0.4, -0.2) is 56.4 Å². The number of aliphatic hydroxyl groups excluding tert-OH is 3. The summed E-state index contributed by atoms with van der Waals surface area (Å²) in [6.07, 6.45) is -3.91. The van der Waals surface area contributed by atoms with Crippen molar-refractivity contribution >= 4 is 16.7 Å². The molecule has 7 heteroatoms. The van der Waals surface area contributed by atoms with E-state index in [1.807, 2.05) is 48.5 Å². The average Bonchev–Trinajstić information content (AvgIpc) is 3.18. The molecule has 4 rings (SSSR count). The van der Waals surface area contributed by atoms with Gasteiger partial charge in [-0.05, 0) is 24.3 Å². The van der Waals surface area contributed by atoms with Gasteiger partial charge in [0, 0.05) is 11.3 Å². The summed E-state index contributed by atoms with van der Waals surface area (Å²) in [4.78, 5) is 7.87. The lowest BCUT2D eigenvalue weighted by Gasteiger charge is -2.19. The molecule has 5 N–H and O–H groups in total. The number of ether oxygens (including phenoxy) is 1. The zero-order chi connectivity index (χ0) is 17.4. The second kappa shape index (κ2) is 6.45. The van der Waals surface area contributed by atoms with Crippen molar-refractivity contribution in [1.29, 1.82) is 0 Å². The summed E-state index contributed by atoms with van der Waals surface area (Å²) in [5, 5.41) is 32.3. The van der Waals surface area contributed by atoms with Gasteiger partial charge in [0.1, 0.15) is 24.1 Å². The molecule has 130 valence electrons. The Morgan fingerprint density at radius 1 is 1.04 bits per heavy atom. The zero-order valence-electron chi connectivity index (χ0n) is 13.3. The Bertz CT molecular complexity index is 848. The monoisotopic (exact) mass is 341 g/mol. The first kappa shape index (κ1) is 16.0. The molecule has 1 saturated heterocycles. The lowest BCUT2D eigenvalue weighted by Crippen LogP contribution is -2.36. The SMILES string of the molecule is OC[C@H]1O[C@H](Nc2ccccc2-c2nc3ccccc3[nH]2)[C@H](O)[C@@H]1O. The van der Waals surface area contributed by atoms with Crippen LogP contribution < -0.4 is 5.32 Å². The number of aromatic nitrogens is 2. The van der Waals surface area contributed by atoms with Crippen molar-refractivity contribution in [2.75, 3.05) is 11.9 Å². The van der Waals surface area contributed by atoms with Crippen molar-refractivity contribution < 1.29 is 20.1 Å². The molecular weight excluding hydrogens is 322 g/mol. The number of hydrogen-bond donors (Lipinski definition) is 5. The number of rotatable bonds is 4. The molecule has 0 unspecified atom stereocenters. The quantitative estimate of drug-likeness (QED) is 0.486. The topological polar surface area (TPSA) is 111 Å². The molecule has 1 aliphatic rings. The third-order valence-electron chi connectivity index (χ3n) is 4.41. The minimum absolute atomic E-state index is 0.359. The highest BCUT2D eigenvalue weighted by Crippen LogP contribution is 2.30. The maximum atomic E-state index is 10.1. The number of anilines is 1. The fourth-order valence-electron chi connectivity index (χ4n) is 3.07. The minimum Gasteiger partial charge on any atom is -0.394 e. The van der Waals surface area contributed by atoms with Gasteiger partial charge in [-0.3, -0.25) is 0 Å². The molecule has 0 bridgehead atoms. The molecule has 4 atom stereocenters. The van der Waals surface area contributed by atoms with Crippen molar-refractivity contribution in [3.8, 4) is 11.4 Å². The Morgan fingerprint density at radius 3 is 2.56 bits per heavy atom. The summed E-state index contributed by atoms with van der Waals surface area (Å²) >= 11 is 0. The Hall–Kier alpha value is -2.45. The van der Waals surface area contributed by atoms with E-state index >= 15 is 0 Å². The molecule has 25 heavy (non-hydrogen) atoms. The second-order valence-corrected chi connectivity index (χ2v) is 6.05. The third kappa shape index (κ3) is 2.87. The molecule has 0 saturated carbocycles. The smallest absolute Gasteiger partial charge is 0.157 e. The first-order valence-electron chi connectivity index (χ1n) is 8.10. The molecule has 0 spiro atoms. The molecule has 0 amide bonds. The first-order chi connectivity index (χ1) is 12.2. The lowest BCUT2D eigenvalue weighted by molar-refractivity contribution is -0.0153. The predicted octanol–water partition coefficient (Wildman–Crippen LogP) is 1.08. The van der Waals surface area contributed by atoms with Crippen LogP contribution in [0.2, 0.25) is 0 Å². The normalized spacial score (nSPS) is 26.2. The van der Waals surface area contributed by atoms with Gasteiger partial charge in [0.25, 0.3) is 0 Å². The zero-order valence-corrected chi connectivity index (χ0v) is 13.3. The molecule has 1 aliphatic heterocycles. The molecule has 3 aromatic rings. The van der Waals surface area contributed by atoms with Crippen molar-refractivity contribution in [2.45, 2.75) is 24.5 Å². The number of fused-ring (bicyclic) bond motifs is 1. The van der Waals surface area contributed by atoms with Gasteiger partial charge in [0.05, 0.1) is 17.6 Å². The second-order valence-electron chi connectivity index (χ2n) is 6.05. The highest BCUT2D eigenvalue weighted by molar-refractivity contribution is 5.83. The summed E-state index contributed by atoms with van der Waals surface area (Å²) in [5.74, 6) is 0.691. The number of nitrogens with zero attached hydrogens (tertiary/aromatic N) is 1. The van der Waals surface area contributed by atoms with E-state index in [4.69, 9.17) is 4.74 Å². The molecule has 0 radical (unpaired) electrons. The van der Waals surface area contributed by atoms with E-state index in [9.17, 15) is 15.3 Å². The Balaban J connectivity index is 1.65. The highest BCUT2D eigenvalue weighted by Gasteiger charge is 2.42. The summed E-state index contributed by atoms with van der Waals surface area (Å²) < 4.78 is 5.50. The fraction of sp³-hybridized carbons (Fsp3) is 0.278. The third-order valence-corrected chi connectivity index (χ3v) is 4.41. The Kier molecular flexibility index (Phi) is 4.14. The first-order valence-corrected chi connectivity index (χ1v) is 8.10. The molecule has 0 aliphatic carbocycles. The molecule has 1 aromatic heterocycles. The van der Waals surface area contributed by atoms with Crippen LogP contribution in [-0.2, 0) is 4.74 Å². The van der Waals surface area contributed by atoms with Gasteiger partial charge in [-0.15, -0.1) is 0 Å². The minimum atomic E-state index is -1.14. The number of aromatic amines is 1. The van der Waals surface area contributed by atoms with E-state index in [-0.39, 0.29) is 6.61 Å². The number of benzene rings is 2. The van der Waals surface area contributed by atoms with E-state index in [2.05, 4.69) is 15.3 Å². The molecule has 2 aromatic carbocycles. The number of hydrogen-bond acceptors (Lipinski definition) is 6. The van der Waals surface area contributed by atoms with Gasteiger partial charge < -0.3 is 30.4 Å². The van der Waals surface area contributed by atoms with Crippen LogP contribution in [0.4, 0.5) is 5.69 Å². The van der Waals surface area contributed by atoms with Crippen molar-refractivity contribution in [3.63, 3.8) is 0 Å². The lowest BCUT2D eigenvalue weighted by atomic mass is 10.1. The fourth-order valence-corrected chi connectivity index (χ4v) is 3.07. The maximum Gasteiger partial charge on any atom is 0.157 e. The highest BCUT2D eigenvalue weighted by atomic mass is 16.6. The van der Waals surface area contributed by atoms with E-state index in [1.165, 1.54) is 0 Å². The molecular formula is C18H19N3O4. The van der Waals surface area contributed by atoms with E-state index in [0.29, 0.717) is 11.5 Å². The van der Waals surface area contributed by atoms with Gasteiger partial charge in [-0.1, -0.05) is 24.3 Å². The van der Waals surface area contributed by atoms with Crippen LogP contribution in [0.15, 0.2) is 48.5 Å². The number of para-hydroxylation sites is 3. The predicted molar refractivity (Wildman–Crippen MR) is 92.9 cm³/mol. The van der Waals surface area contributed by atoms with E-state index in [0.717, 1.165) is 16.6 Å². The van der Waals surface area contributed by atoms with E-state index < -0.39 is 24.5 Å². The van der Waals surface area contributed by atoms with Crippen LogP contribution >= 0.6 is 0 Å². The number of imidazole rings is 1. The average molecular weight is 341 g/mol. The van der Waals surface area contributed by atoms with Gasteiger partial charge >= 0.3 is 0 Å². The van der Waals surface area contributed by atoms with Crippen LogP contribution in [0.25, 0.3) is 22.4 Å². The van der Waals surface area contributed by atoms with Crippen molar-refractivity contribution in [3.05, 3.63) is 48.5 Å². The van der Waals surface area contributed by atoms with Crippen LogP contribution in [0, 0.1) is 0 Å². The van der Waals surface area contributed by atoms with Crippen LogP contribution in [0.1, 0.15) is 0 Å². The Morgan fingerprint density at radius 2 is 1.80 bits per heavy atom. The standard InChI is InChI=1S/C18H19N3O4/c22-9-14-15(23)16(24)18(25-14)21-11-6-2-1-5-10(11)17-19-12-7-3-4-8-13(12)20-17/h1-8,14-16,18,21-24H,9H2,(H,19,20)/t14-,15-,16-,18+/m1/s1. The van der Waals surface area contributed by atoms with Crippen LogP contribution in [0.5, 0.6) is 0 Å².